The van der Waals surface area contributed by atoms with Crippen molar-refractivity contribution in [1.29, 1.82) is 0 Å². The number of ketones is 1. The van der Waals surface area contributed by atoms with Crippen molar-refractivity contribution in [2.45, 2.75) is 40.0 Å². The number of benzene rings is 3. The van der Waals surface area contributed by atoms with Crippen molar-refractivity contribution in [3.8, 4) is 17.1 Å². The molecular weight excluding hydrogens is 450 g/mol. The molecule has 0 unspecified atom stereocenters. The molecule has 0 saturated heterocycles. The van der Waals surface area contributed by atoms with Crippen molar-refractivity contribution in [1.82, 2.24) is 4.98 Å². The lowest BCUT2D eigenvalue weighted by Crippen LogP contribution is -2.17. The zero-order chi connectivity index (χ0) is 25.6. The van der Waals surface area contributed by atoms with Crippen molar-refractivity contribution in [3.05, 3.63) is 99.3 Å². The summed E-state index contributed by atoms with van der Waals surface area (Å²) in [5.74, 6) is 0.145. The number of hydrogen-bond acceptors (Lipinski definition) is 4. The van der Waals surface area contributed by atoms with E-state index in [2.05, 4.69) is 25.8 Å². The third-order valence-corrected chi connectivity index (χ3v) is 6.72. The van der Waals surface area contributed by atoms with Crippen molar-refractivity contribution >= 4 is 27.7 Å². The van der Waals surface area contributed by atoms with Gasteiger partial charge in [0.15, 0.2) is 12.4 Å². The van der Waals surface area contributed by atoms with E-state index < -0.39 is 0 Å². The SMILES string of the molecule is Cc1cc2oc(-c3ccc(C(C)(C)C)cc3)c(OCC(=O)c3c[nH]c4ccccc34)c(=O)c2cc1C. The third kappa shape index (κ3) is 4.22. The summed E-state index contributed by atoms with van der Waals surface area (Å²) >= 11 is 0. The van der Waals surface area contributed by atoms with Crippen LogP contribution in [-0.2, 0) is 5.41 Å². The monoisotopic (exact) mass is 479 g/mol. The van der Waals surface area contributed by atoms with Gasteiger partial charge in [0.2, 0.25) is 17.0 Å². The summed E-state index contributed by atoms with van der Waals surface area (Å²) in [7, 11) is 0. The van der Waals surface area contributed by atoms with Crippen LogP contribution >= 0.6 is 0 Å². The maximum absolute atomic E-state index is 13.6. The number of carbonyl (C=O) groups is 1. The van der Waals surface area contributed by atoms with Crippen LogP contribution in [0.4, 0.5) is 0 Å². The van der Waals surface area contributed by atoms with Gasteiger partial charge < -0.3 is 14.1 Å². The first-order valence-electron chi connectivity index (χ1n) is 12.0. The van der Waals surface area contributed by atoms with Gasteiger partial charge in [0.05, 0.1) is 5.39 Å². The molecule has 5 nitrogen and oxygen atoms in total. The van der Waals surface area contributed by atoms with E-state index in [9.17, 15) is 9.59 Å². The summed E-state index contributed by atoms with van der Waals surface area (Å²) < 4.78 is 12.2. The fourth-order valence-electron chi connectivity index (χ4n) is 4.39. The van der Waals surface area contributed by atoms with E-state index in [0.717, 1.165) is 33.2 Å². The van der Waals surface area contributed by atoms with Crippen LogP contribution in [-0.4, -0.2) is 17.4 Å². The summed E-state index contributed by atoms with van der Waals surface area (Å²) in [5.41, 5.74) is 5.49. The number of ether oxygens (including phenoxy) is 1. The molecule has 0 bridgehead atoms. The molecule has 3 aromatic carbocycles. The first kappa shape index (κ1) is 23.6. The number of H-pyrrole nitrogens is 1. The number of carbonyl (C=O) groups excluding carboxylic acids is 1. The lowest BCUT2D eigenvalue weighted by Gasteiger charge is -2.19. The van der Waals surface area contributed by atoms with Gasteiger partial charge >= 0.3 is 0 Å². The van der Waals surface area contributed by atoms with Crippen LogP contribution < -0.4 is 10.2 Å². The molecule has 2 heterocycles. The second-order valence-corrected chi connectivity index (χ2v) is 10.3. The number of aromatic nitrogens is 1. The quantitative estimate of drug-likeness (QED) is 0.273. The average molecular weight is 480 g/mol. The fraction of sp³-hybridized carbons (Fsp3) is 0.226. The molecule has 0 aliphatic rings. The zero-order valence-electron chi connectivity index (χ0n) is 21.2. The van der Waals surface area contributed by atoms with Gasteiger partial charge in [0.1, 0.15) is 5.58 Å². The molecule has 0 aliphatic carbocycles. The molecule has 0 aliphatic heterocycles. The standard InChI is InChI=1S/C31H29NO4/c1-18-14-23-27(15-19(18)2)36-29(20-10-12-21(13-11-20)31(3,4)5)30(28(23)34)35-17-26(33)24-16-32-25-9-7-6-8-22(24)25/h6-16,32H,17H2,1-5H3. The maximum Gasteiger partial charge on any atom is 0.235 e. The molecule has 0 fully saturated rings. The van der Waals surface area contributed by atoms with Crippen LogP contribution in [0.15, 0.2) is 76.1 Å². The van der Waals surface area contributed by atoms with Crippen LogP contribution in [0.5, 0.6) is 5.75 Å². The Balaban J connectivity index is 1.59. The molecule has 1 N–H and O–H groups in total. The number of hydrogen-bond donors (Lipinski definition) is 1. The van der Waals surface area contributed by atoms with E-state index in [-0.39, 0.29) is 29.0 Å². The molecule has 2 aromatic heterocycles. The Labute approximate surface area is 209 Å². The molecule has 0 atom stereocenters. The molecule has 5 rings (SSSR count). The predicted octanol–water partition coefficient (Wildman–Crippen LogP) is 7.12. The lowest BCUT2D eigenvalue weighted by molar-refractivity contribution is 0.0922. The molecule has 36 heavy (non-hydrogen) atoms. The molecular formula is C31H29NO4. The first-order chi connectivity index (χ1) is 17.1. The second-order valence-electron chi connectivity index (χ2n) is 10.3. The van der Waals surface area contributed by atoms with Crippen LogP contribution in [0.3, 0.4) is 0 Å². The molecule has 5 aromatic rings. The van der Waals surface area contributed by atoms with Gasteiger partial charge in [-0.15, -0.1) is 0 Å². The smallest absolute Gasteiger partial charge is 0.235 e. The Hall–Kier alpha value is -4.12. The summed E-state index contributed by atoms with van der Waals surface area (Å²) in [5, 5.41) is 1.25. The minimum Gasteiger partial charge on any atom is -0.478 e. The minimum atomic E-state index is -0.291. The Morgan fingerprint density at radius 3 is 2.36 bits per heavy atom. The Kier molecular flexibility index (Phi) is 5.79. The van der Waals surface area contributed by atoms with Crippen molar-refractivity contribution < 1.29 is 13.9 Å². The highest BCUT2D eigenvalue weighted by atomic mass is 16.5. The molecule has 0 saturated carbocycles. The highest BCUT2D eigenvalue weighted by Gasteiger charge is 2.22. The number of rotatable bonds is 5. The lowest BCUT2D eigenvalue weighted by atomic mass is 9.86. The van der Waals surface area contributed by atoms with Gasteiger partial charge in [-0.25, -0.2) is 0 Å². The van der Waals surface area contributed by atoms with Gasteiger partial charge in [-0.1, -0.05) is 63.2 Å². The Bertz CT molecular complexity index is 1660. The van der Waals surface area contributed by atoms with E-state index in [1.165, 1.54) is 0 Å². The van der Waals surface area contributed by atoms with Crippen molar-refractivity contribution in [2.24, 2.45) is 0 Å². The summed E-state index contributed by atoms with van der Waals surface area (Å²) in [6.07, 6.45) is 1.68. The van der Waals surface area contributed by atoms with E-state index in [4.69, 9.17) is 9.15 Å². The van der Waals surface area contributed by atoms with Gasteiger partial charge in [0.25, 0.3) is 0 Å². The van der Waals surface area contributed by atoms with E-state index >= 15 is 0 Å². The highest BCUT2D eigenvalue weighted by Crippen LogP contribution is 2.33. The average Bonchev–Trinajstić information content (AvgIpc) is 3.28. The largest absolute Gasteiger partial charge is 0.478 e. The maximum atomic E-state index is 13.6. The minimum absolute atomic E-state index is 0.0114. The topological polar surface area (TPSA) is 72.3 Å². The first-order valence-corrected chi connectivity index (χ1v) is 12.0. The normalized spacial score (nSPS) is 11.8. The van der Waals surface area contributed by atoms with Crippen molar-refractivity contribution in [2.75, 3.05) is 6.61 Å². The Morgan fingerprint density at radius 1 is 0.944 bits per heavy atom. The summed E-state index contributed by atoms with van der Waals surface area (Å²) in [6, 6.07) is 19.2. The van der Waals surface area contributed by atoms with Crippen LogP contribution in [0.1, 0.15) is 47.8 Å². The highest BCUT2D eigenvalue weighted by molar-refractivity contribution is 6.08. The third-order valence-electron chi connectivity index (χ3n) is 6.72. The number of aromatic amines is 1. The Morgan fingerprint density at radius 2 is 1.64 bits per heavy atom. The summed E-state index contributed by atoms with van der Waals surface area (Å²) in [6.45, 7) is 10.1. The van der Waals surface area contributed by atoms with E-state index in [1.807, 2.05) is 74.5 Å². The van der Waals surface area contributed by atoms with E-state index in [1.54, 1.807) is 6.20 Å². The number of fused-ring (bicyclic) bond motifs is 2. The number of Topliss-reactive ketones (excluding diaryl/α,β-unsaturated/α-hetero) is 1. The summed E-state index contributed by atoms with van der Waals surface area (Å²) in [4.78, 5) is 29.8. The zero-order valence-corrected chi connectivity index (χ0v) is 21.2. The van der Waals surface area contributed by atoms with Gasteiger partial charge in [-0.2, -0.15) is 0 Å². The number of aryl methyl sites for hydroxylation is 2. The molecule has 182 valence electrons. The number of nitrogens with one attached hydrogen (secondary N) is 1. The van der Waals surface area contributed by atoms with Gasteiger partial charge in [-0.05, 0) is 54.2 Å². The van der Waals surface area contributed by atoms with Crippen LogP contribution in [0, 0.1) is 13.8 Å². The number of para-hydroxylation sites is 1. The molecule has 0 radical (unpaired) electrons. The second kappa shape index (κ2) is 8.83. The fourth-order valence-corrected chi connectivity index (χ4v) is 4.39. The van der Waals surface area contributed by atoms with Gasteiger partial charge in [-0.3, -0.25) is 9.59 Å². The molecule has 5 heteroatoms. The van der Waals surface area contributed by atoms with E-state index in [0.29, 0.717) is 22.3 Å². The van der Waals surface area contributed by atoms with Crippen molar-refractivity contribution in [3.63, 3.8) is 0 Å². The predicted molar refractivity (Wildman–Crippen MR) is 144 cm³/mol. The van der Waals surface area contributed by atoms with Crippen LogP contribution in [0.2, 0.25) is 0 Å². The molecule has 0 amide bonds. The van der Waals surface area contributed by atoms with Crippen LogP contribution in [0.25, 0.3) is 33.2 Å². The van der Waals surface area contributed by atoms with Gasteiger partial charge in [0, 0.05) is 28.2 Å². The molecule has 0 spiro atoms.